The maximum atomic E-state index is 6.08. The van der Waals surface area contributed by atoms with Crippen molar-refractivity contribution in [3.05, 3.63) is 27.7 Å². The number of rotatable bonds is 8. The molecule has 108 valence electrons. The average molecular weight is 303 g/mol. The zero-order valence-corrected chi connectivity index (χ0v) is 13.4. The van der Waals surface area contributed by atoms with E-state index in [0.717, 1.165) is 25.2 Å². The van der Waals surface area contributed by atoms with Crippen LogP contribution in [-0.4, -0.2) is 18.0 Å². The van der Waals surface area contributed by atoms with Crippen LogP contribution in [0.1, 0.15) is 45.1 Å². The topological polar surface area (TPSA) is 29.3 Å². The van der Waals surface area contributed by atoms with Crippen LogP contribution in [0.25, 0.3) is 0 Å². The quantitative estimate of drug-likeness (QED) is 0.686. The van der Waals surface area contributed by atoms with Gasteiger partial charge in [-0.25, -0.2) is 0 Å². The third-order valence-corrected chi connectivity index (χ3v) is 3.83. The Bertz CT molecular complexity index is 363. The second-order valence-corrected chi connectivity index (χ2v) is 5.77. The first-order valence-electron chi connectivity index (χ1n) is 7.04. The smallest absolute Gasteiger partial charge is 0.0693 e. The van der Waals surface area contributed by atoms with E-state index in [2.05, 4.69) is 18.7 Å². The van der Waals surface area contributed by atoms with Crippen LogP contribution in [0.4, 0.5) is 5.69 Å². The minimum atomic E-state index is 0.473. The maximum absolute atomic E-state index is 6.08. The third-order valence-electron chi connectivity index (χ3n) is 3.20. The van der Waals surface area contributed by atoms with Crippen LogP contribution < -0.4 is 5.73 Å². The number of nitrogen functional groups attached to an aromatic ring is 1. The summed E-state index contributed by atoms with van der Waals surface area (Å²) in [6.45, 7) is 7.57. The monoisotopic (exact) mass is 302 g/mol. The van der Waals surface area contributed by atoms with Gasteiger partial charge in [0.05, 0.1) is 15.7 Å². The lowest BCUT2D eigenvalue weighted by Crippen LogP contribution is -2.25. The van der Waals surface area contributed by atoms with Gasteiger partial charge in [0.15, 0.2) is 0 Å². The lowest BCUT2D eigenvalue weighted by atomic mass is 10.1. The summed E-state index contributed by atoms with van der Waals surface area (Å²) < 4.78 is 0. The van der Waals surface area contributed by atoms with Crippen molar-refractivity contribution in [3.8, 4) is 0 Å². The van der Waals surface area contributed by atoms with Gasteiger partial charge in [-0.1, -0.05) is 49.9 Å². The summed E-state index contributed by atoms with van der Waals surface area (Å²) >= 11 is 12.2. The van der Waals surface area contributed by atoms with Crippen molar-refractivity contribution >= 4 is 28.9 Å². The molecule has 4 heteroatoms. The Hall–Kier alpha value is -0.440. The van der Waals surface area contributed by atoms with E-state index in [4.69, 9.17) is 28.9 Å². The zero-order chi connectivity index (χ0) is 14.3. The molecule has 0 saturated heterocycles. The van der Waals surface area contributed by atoms with E-state index in [0.29, 0.717) is 15.7 Å². The standard InChI is InChI=1S/C15H24Cl2N2/c1-3-5-7-19(8-6-4-2)11-12-9-13(16)15(18)14(17)10-12/h9-10H,3-8,11,18H2,1-2H3. The number of nitrogens with zero attached hydrogens (tertiary/aromatic N) is 1. The number of unbranched alkanes of at least 4 members (excludes halogenated alkanes) is 2. The van der Waals surface area contributed by atoms with Gasteiger partial charge in [-0.3, -0.25) is 4.90 Å². The Morgan fingerprint density at radius 3 is 1.89 bits per heavy atom. The minimum Gasteiger partial charge on any atom is -0.396 e. The number of hydrogen-bond acceptors (Lipinski definition) is 2. The number of nitrogens with two attached hydrogens (primary N) is 1. The number of benzene rings is 1. The molecule has 0 spiro atoms. The van der Waals surface area contributed by atoms with Gasteiger partial charge in [-0.05, 0) is 43.6 Å². The fourth-order valence-corrected chi connectivity index (χ4v) is 2.55. The molecule has 0 unspecified atom stereocenters. The van der Waals surface area contributed by atoms with E-state index in [1.54, 1.807) is 0 Å². The van der Waals surface area contributed by atoms with E-state index in [9.17, 15) is 0 Å². The molecular weight excluding hydrogens is 279 g/mol. The Kier molecular flexibility index (Phi) is 7.59. The largest absolute Gasteiger partial charge is 0.396 e. The van der Waals surface area contributed by atoms with Crippen LogP contribution in [0.5, 0.6) is 0 Å². The lowest BCUT2D eigenvalue weighted by molar-refractivity contribution is 0.257. The minimum absolute atomic E-state index is 0.473. The van der Waals surface area contributed by atoms with Crippen molar-refractivity contribution in [2.75, 3.05) is 18.8 Å². The second-order valence-electron chi connectivity index (χ2n) is 4.96. The molecule has 0 radical (unpaired) electrons. The highest BCUT2D eigenvalue weighted by Crippen LogP contribution is 2.29. The fourth-order valence-electron chi connectivity index (χ4n) is 2.02. The number of anilines is 1. The highest BCUT2D eigenvalue weighted by molar-refractivity contribution is 6.38. The van der Waals surface area contributed by atoms with Gasteiger partial charge in [0.2, 0.25) is 0 Å². The molecule has 0 saturated carbocycles. The normalized spacial score (nSPS) is 11.2. The highest BCUT2D eigenvalue weighted by atomic mass is 35.5. The summed E-state index contributed by atoms with van der Waals surface area (Å²) in [7, 11) is 0. The Labute approximate surface area is 126 Å². The number of halogens is 2. The second kappa shape index (κ2) is 8.68. The van der Waals surface area contributed by atoms with Crippen molar-refractivity contribution in [1.29, 1.82) is 0 Å². The molecule has 0 aromatic heterocycles. The van der Waals surface area contributed by atoms with Gasteiger partial charge in [-0.15, -0.1) is 0 Å². The third kappa shape index (κ3) is 5.60. The molecule has 1 aromatic carbocycles. The molecule has 0 bridgehead atoms. The van der Waals surface area contributed by atoms with Crippen LogP contribution >= 0.6 is 23.2 Å². The first-order valence-corrected chi connectivity index (χ1v) is 7.79. The maximum Gasteiger partial charge on any atom is 0.0693 e. The predicted molar refractivity (Wildman–Crippen MR) is 86.0 cm³/mol. The lowest BCUT2D eigenvalue weighted by Gasteiger charge is -2.22. The summed E-state index contributed by atoms with van der Waals surface area (Å²) in [6.07, 6.45) is 4.87. The van der Waals surface area contributed by atoms with E-state index in [1.807, 2.05) is 12.1 Å². The van der Waals surface area contributed by atoms with Gasteiger partial charge in [-0.2, -0.15) is 0 Å². The summed E-state index contributed by atoms with van der Waals surface area (Å²) in [5.74, 6) is 0. The first kappa shape index (κ1) is 16.6. The van der Waals surface area contributed by atoms with Crippen LogP contribution in [0.15, 0.2) is 12.1 Å². The van der Waals surface area contributed by atoms with Crippen molar-refractivity contribution in [1.82, 2.24) is 4.90 Å². The van der Waals surface area contributed by atoms with Crippen molar-refractivity contribution in [2.45, 2.75) is 46.1 Å². The molecular formula is C15H24Cl2N2. The van der Waals surface area contributed by atoms with Crippen LogP contribution in [0.3, 0.4) is 0 Å². The summed E-state index contributed by atoms with van der Waals surface area (Å²) in [6, 6.07) is 3.85. The first-order chi connectivity index (χ1) is 9.08. The molecule has 2 nitrogen and oxygen atoms in total. The molecule has 19 heavy (non-hydrogen) atoms. The van der Waals surface area contributed by atoms with Gasteiger partial charge >= 0.3 is 0 Å². The van der Waals surface area contributed by atoms with Crippen LogP contribution in [-0.2, 0) is 6.54 Å². The molecule has 1 aromatic rings. The van der Waals surface area contributed by atoms with Crippen LogP contribution in [0.2, 0.25) is 10.0 Å². The van der Waals surface area contributed by atoms with Crippen molar-refractivity contribution < 1.29 is 0 Å². The highest BCUT2D eigenvalue weighted by Gasteiger charge is 2.09. The molecule has 0 heterocycles. The van der Waals surface area contributed by atoms with E-state index >= 15 is 0 Å². The van der Waals surface area contributed by atoms with Gasteiger partial charge in [0.1, 0.15) is 0 Å². The Balaban J connectivity index is 2.71. The van der Waals surface area contributed by atoms with E-state index < -0.39 is 0 Å². The van der Waals surface area contributed by atoms with Gasteiger partial charge < -0.3 is 5.73 Å². The molecule has 0 aliphatic carbocycles. The fraction of sp³-hybridized carbons (Fsp3) is 0.600. The van der Waals surface area contributed by atoms with Gasteiger partial charge in [0, 0.05) is 6.54 Å². The predicted octanol–water partition coefficient (Wildman–Crippen LogP) is 4.98. The SMILES string of the molecule is CCCCN(CCCC)Cc1cc(Cl)c(N)c(Cl)c1. The van der Waals surface area contributed by atoms with Crippen molar-refractivity contribution in [2.24, 2.45) is 0 Å². The van der Waals surface area contributed by atoms with E-state index in [-0.39, 0.29) is 0 Å². The molecule has 1 rings (SSSR count). The van der Waals surface area contributed by atoms with Gasteiger partial charge in [0.25, 0.3) is 0 Å². The Morgan fingerprint density at radius 1 is 1.00 bits per heavy atom. The summed E-state index contributed by atoms with van der Waals surface area (Å²) in [5, 5.41) is 1.10. The molecule has 2 N–H and O–H groups in total. The average Bonchev–Trinajstić information content (AvgIpc) is 2.39. The molecule has 0 amide bonds. The summed E-state index contributed by atoms with van der Waals surface area (Å²) in [5.41, 5.74) is 7.37. The zero-order valence-electron chi connectivity index (χ0n) is 11.9. The number of hydrogen-bond donors (Lipinski definition) is 1. The van der Waals surface area contributed by atoms with Crippen LogP contribution in [0, 0.1) is 0 Å². The molecule has 0 fully saturated rings. The van der Waals surface area contributed by atoms with E-state index in [1.165, 1.54) is 25.7 Å². The van der Waals surface area contributed by atoms with Crippen molar-refractivity contribution in [3.63, 3.8) is 0 Å². The molecule has 0 atom stereocenters. The molecule has 0 aliphatic heterocycles. The summed E-state index contributed by atoms with van der Waals surface area (Å²) in [4.78, 5) is 2.46. The Morgan fingerprint density at radius 2 is 1.47 bits per heavy atom. The molecule has 0 aliphatic rings.